The van der Waals surface area contributed by atoms with E-state index in [1.165, 1.54) is 270 Å². The predicted molar refractivity (Wildman–Crippen MR) is 384 cm³/mol. The molecule has 0 aliphatic carbocycles. The van der Waals surface area contributed by atoms with Gasteiger partial charge in [-0.2, -0.15) is 0 Å². The molecule has 0 radical (unpaired) electrons. The Bertz CT molecular complexity index is 2470. The van der Waals surface area contributed by atoms with Gasteiger partial charge in [0.1, 0.15) is 23.0 Å². The van der Waals surface area contributed by atoms with E-state index in [4.69, 9.17) is 18.9 Å². The highest BCUT2D eigenvalue weighted by Gasteiger charge is 2.22. The Balaban J connectivity index is 1.23. The third kappa shape index (κ3) is 27.3. The van der Waals surface area contributed by atoms with Crippen LogP contribution in [0, 0.1) is 13.8 Å². The van der Waals surface area contributed by atoms with Crippen LogP contribution in [0.3, 0.4) is 0 Å². The van der Waals surface area contributed by atoms with Gasteiger partial charge in [0, 0.05) is 61.3 Å². The molecule has 0 N–H and O–H groups in total. The van der Waals surface area contributed by atoms with Crippen molar-refractivity contribution >= 4 is 45.3 Å². The molecule has 478 valence electrons. The number of unbranched alkanes of at least 4 members (excludes halogenated alkanes) is 36. The highest BCUT2D eigenvalue weighted by molar-refractivity contribution is 7.25. The Kier molecular flexibility index (Phi) is 37.3. The highest BCUT2D eigenvalue weighted by Crippen LogP contribution is 2.50. The molecule has 0 aliphatic heterocycles. The molecule has 86 heavy (non-hydrogen) atoms. The van der Waals surface area contributed by atoms with Crippen molar-refractivity contribution in [3.63, 3.8) is 0 Å². The van der Waals surface area contributed by atoms with Crippen molar-refractivity contribution in [3.05, 3.63) is 82.6 Å². The second kappa shape index (κ2) is 44.8. The van der Waals surface area contributed by atoms with Gasteiger partial charge in [0.15, 0.2) is 0 Å². The number of rotatable bonds is 53. The van der Waals surface area contributed by atoms with Crippen LogP contribution in [-0.2, 0) is 0 Å². The third-order valence-electron chi connectivity index (χ3n) is 17.2. The van der Waals surface area contributed by atoms with Crippen molar-refractivity contribution in [1.29, 1.82) is 0 Å². The van der Waals surface area contributed by atoms with Crippen molar-refractivity contribution in [2.75, 3.05) is 26.4 Å². The summed E-state index contributed by atoms with van der Waals surface area (Å²) in [5, 5.41) is 0. The van der Waals surface area contributed by atoms with Gasteiger partial charge in [0.05, 0.1) is 26.4 Å². The first-order valence-corrected chi connectivity index (χ1v) is 38.9. The van der Waals surface area contributed by atoms with E-state index in [1.54, 1.807) is 0 Å². The maximum Gasteiger partial charge on any atom is 0.128 e. The predicted octanol–water partition coefficient (Wildman–Crippen LogP) is 28.1. The van der Waals surface area contributed by atoms with Crippen LogP contribution in [0.2, 0.25) is 0 Å². The van der Waals surface area contributed by atoms with E-state index in [0.29, 0.717) is 0 Å². The average molecular weight is 1250 g/mol. The van der Waals surface area contributed by atoms with E-state index in [9.17, 15) is 0 Å². The van der Waals surface area contributed by atoms with Crippen LogP contribution in [0.1, 0.15) is 294 Å². The summed E-state index contributed by atoms with van der Waals surface area (Å²) in [6, 6.07) is 27.6. The fraction of sp³-hybridized carbons (Fsp3) is 0.641. The molecule has 2 aromatic carbocycles. The fourth-order valence-corrected chi connectivity index (χ4v) is 15.8. The lowest BCUT2D eigenvalue weighted by Crippen LogP contribution is -2.02. The van der Waals surface area contributed by atoms with Gasteiger partial charge < -0.3 is 18.9 Å². The first-order chi connectivity index (χ1) is 42.4. The summed E-state index contributed by atoms with van der Waals surface area (Å²) in [4.78, 5) is 10.1. The molecule has 6 aromatic rings. The van der Waals surface area contributed by atoms with Crippen molar-refractivity contribution < 1.29 is 18.9 Å². The molecule has 0 bridgehead atoms. The molecule has 0 atom stereocenters. The zero-order valence-electron chi connectivity index (χ0n) is 55.3. The molecule has 0 amide bonds. The highest BCUT2D eigenvalue weighted by atomic mass is 32.1. The van der Waals surface area contributed by atoms with Crippen molar-refractivity contribution in [2.45, 2.75) is 298 Å². The summed E-state index contributed by atoms with van der Waals surface area (Å²) >= 11 is 7.43. The lowest BCUT2D eigenvalue weighted by atomic mass is 10.1. The molecule has 4 heterocycles. The molecule has 0 saturated heterocycles. The maximum atomic E-state index is 6.93. The molecule has 6 rings (SSSR count). The second-order valence-electron chi connectivity index (χ2n) is 25.0. The third-order valence-corrected chi connectivity index (χ3v) is 21.7. The van der Waals surface area contributed by atoms with Gasteiger partial charge in [0.25, 0.3) is 0 Å². The number of benzene rings is 2. The van der Waals surface area contributed by atoms with Gasteiger partial charge >= 0.3 is 0 Å². The molecular formula is C78H118O4S4. The Morgan fingerprint density at radius 2 is 0.407 bits per heavy atom. The molecular weight excluding hydrogens is 1130 g/mol. The quantitative estimate of drug-likeness (QED) is 0.0357. The minimum absolute atomic E-state index is 0.719. The Morgan fingerprint density at radius 1 is 0.221 bits per heavy atom. The molecule has 0 aliphatic rings. The van der Waals surface area contributed by atoms with Gasteiger partial charge in [0.2, 0.25) is 0 Å². The van der Waals surface area contributed by atoms with Crippen molar-refractivity contribution in [1.82, 2.24) is 0 Å². The minimum Gasteiger partial charge on any atom is -0.493 e. The summed E-state index contributed by atoms with van der Waals surface area (Å²) in [6.45, 7) is 16.5. The minimum atomic E-state index is 0.719. The topological polar surface area (TPSA) is 36.9 Å². The summed E-state index contributed by atoms with van der Waals surface area (Å²) in [7, 11) is 0. The first kappa shape index (κ1) is 71.5. The average Bonchev–Trinajstić information content (AvgIpc) is 1.98. The second-order valence-corrected chi connectivity index (χ2v) is 29.7. The van der Waals surface area contributed by atoms with Gasteiger partial charge in [-0.25, -0.2) is 0 Å². The maximum absolute atomic E-state index is 6.93. The van der Waals surface area contributed by atoms with E-state index < -0.39 is 0 Å². The number of aryl methyl sites for hydroxylation is 2. The molecule has 0 unspecified atom stereocenters. The molecule has 0 fully saturated rings. The summed E-state index contributed by atoms with van der Waals surface area (Å²) in [5.74, 6) is 3.86. The lowest BCUT2D eigenvalue weighted by molar-refractivity contribution is 0.298. The summed E-state index contributed by atoms with van der Waals surface area (Å²) in [5.41, 5.74) is 4.56. The Hall–Kier alpha value is -3.56. The van der Waals surface area contributed by atoms with Crippen LogP contribution in [-0.4, -0.2) is 26.4 Å². The SMILES string of the molecule is CCCCCCCCCCCCOc1cc(-c2ccc(-c3ccc(-c4cc(OCCCCCCCCCCCC)c(-c5ccc(C)s5)cc4OCCCCCCCCCCCC)s3)s2)c(OCCCCCCCCCCCC)cc1-c1ccc(C)s1. The molecule has 4 aromatic heterocycles. The van der Waals surface area contributed by atoms with E-state index >= 15 is 0 Å². The smallest absolute Gasteiger partial charge is 0.128 e. The normalized spacial score (nSPS) is 11.6. The zero-order valence-corrected chi connectivity index (χ0v) is 58.6. The first-order valence-electron chi connectivity index (χ1n) is 35.6. The number of thiophene rings is 4. The van der Waals surface area contributed by atoms with E-state index in [2.05, 4.69) is 114 Å². The van der Waals surface area contributed by atoms with E-state index in [0.717, 1.165) is 97.4 Å². The van der Waals surface area contributed by atoms with E-state index in [-0.39, 0.29) is 0 Å². The zero-order chi connectivity index (χ0) is 60.5. The standard InChI is InChI=1S/C78H118O4S4/c1-7-11-15-19-23-27-31-35-39-43-55-79-69-61-67(71(59-65(69)73-49-47-63(5)83-73)81-57-45-41-37-33-29-25-21-17-13-9-3)75-51-53-77(85-75)78-54-52-76(86-78)68-62-70(80-56-44-40-36-32-28-24-20-16-12-8-2)66(74-50-48-64(6)84-74)60-72(68)82-58-46-42-38-34-30-26-22-18-14-10-4/h47-54,59-62H,7-46,55-58H2,1-6H3. The molecule has 0 spiro atoms. The number of ether oxygens (including phenoxy) is 4. The van der Waals surface area contributed by atoms with Gasteiger partial charge in [-0.1, -0.05) is 259 Å². The number of hydrogen-bond donors (Lipinski definition) is 0. The van der Waals surface area contributed by atoms with Crippen molar-refractivity contribution in [2.24, 2.45) is 0 Å². The van der Waals surface area contributed by atoms with Crippen LogP contribution in [0.15, 0.2) is 72.8 Å². The van der Waals surface area contributed by atoms with Gasteiger partial charge in [-0.15, -0.1) is 45.3 Å². The van der Waals surface area contributed by atoms with Gasteiger partial charge in [-0.3, -0.25) is 0 Å². The van der Waals surface area contributed by atoms with Crippen LogP contribution in [0.5, 0.6) is 23.0 Å². The number of hydrogen-bond acceptors (Lipinski definition) is 8. The van der Waals surface area contributed by atoms with Crippen LogP contribution in [0.25, 0.3) is 51.5 Å². The van der Waals surface area contributed by atoms with Gasteiger partial charge in [-0.05, 0) is 112 Å². The largest absolute Gasteiger partial charge is 0.493 e. The van der Waals surface area contributed by atoms with E-state index in [1.807, 2.05) is 45.3 Å². The van der Waals surface area contributed by atoms with Crippen molar-refractivity contribution in [3.8, 4) is 74.5 Å². The van der Waals surface area contributed by atoms with Crippen LogP contribution >= 0.6 is 45.3 Å². The van der Waals surface area contributed by atoms with Crippen LogP contribution in [0.4, 0.5) is 0 Å². The summed E-state index contributed by atoms with van der Waals surface area (Å²) < 4.78 is 27.6. The lowest BCUT2D eigenvalue weighted by Gasteiger charge is -2.17. The summed E-state index contributed by atoms with van der Waals surface area (Å²) in [6.07, 6.45) is 52.4. The monoisotopic (exact) mass is 1250 g/mol. The Labute approximate surface area is 542 Å². The molecule has 8 heteroatoms. The fourth-order valence-electron chi connectivity index (χ4n) is 11.8. The van der Waals surface area contributed by atoms with Crippen LogP contribution < -0.4 is 18.9 Å². The Morgan fingerprint density at radius 3 is 0.616 bits per heavy atom. The molecule has 4 nitrogen and oxygen atoms in total. The molecule has 0 saturated carbocycles.